The summed E-state index contributed by atoms with van der Waals surface area (Å²) in [5.74, 6) is 0. The molecule has 1 fully saturated rings. The van der Waals surface area contributed by atoms with Gasteiger partial charge in [-0.05, 0) is 41.7 Å². The zero-order valence-corrected chi connectivity index (χ0v) is 25.7. The zero-order chi connectivity index (χ0) is 27.7. The van der Waals surface area contributed by atoms with Crippen molar-refractivity contribution in [3.63, 3.8) is 0 Å². The summed E-state index contributed by atoms with van der Waals surface area (Å²) in [7, 11) is 0.798. The number of allylic oxidation sites excluding steroid dienone is 5. The minimum absolute atomic E-state index is 0.0225. The van der Waals surface area contributed by atoms with Gasteiger partial charge in [-0.25, -0.2) is 4.21 Å². The molecule has 0 amide bonds. The number of hydrogen-bond acceptors (Lipinski definition) is 5. The lowest BCUT2D eigenvalue weighted by molar-refractivity contribution is 0.228. The molecule has 8 heteroatoms. The normalized spacial score (nSPS) is 18.6. The van der Waals surface area contributed by atoms with Crippen molar-refractivity contribution in [1.82, 2.24) is 19.5 Å². The van der Waals surface area contributed by atoms with Gasteiger partial charge in [0.15, 0.2) is 4.80 Å². The Morgan fingerprint density at radius 3 is 2.42 bits per heavy atom. The summed E-state index contributed by atoms with van der Waals surface area (Å²) in [4.78, 5) is 9.36. The van der Waals surface area contributed by atoms with Crippen LogP contribution in [0.5, 0.6) is 0 Å². The molecule has 1 aromatic heterocycles. The monoisotopic (exact) mass is 555 g/mol. The third kappa shape index (κ3) is 8.37. The van der Waals surface area contributed by atoms with Gasteiger partial charge in [-0.15, -0.1) is 11.3 Å². The fourth-order valence-electron chi connectivity index (χ4n) is 4.31. The van der Waals surface area contributed by atoms with Crippen LogP contribution in [0, 0.1) is 0 Å². The Labute approximate surface area is 235 Å². The predicted octanol–water partition coefficient (Wildman–Crippen LogP) is 5.19. The van der Waals surface area contributed by atoms with E-state index in [1.807, 2.05) is 44.2 Å². The third-order valence-corrected chi connectivity index (χ3v) is 8.85. The second kappa shape index (κ2) is 14.2. The van der Waals surface area contributed by atoms with Gasteiger partial charge >= 0.3 is 0 Å². The molecule has 1 aromatic carbocycles. The fourth-order valence-corrected chi connectivity index (χ4v) is 6.16. The average molecular weight is 556 g/mol. The highest BCUT2D eigenvalue weighted by molar-refractivity contribution is 7.83. The molecule has 1 aliphatic carbocycles. The number of hydrogen-bond donors (Lipinski definition) is 2. The van der Waals surface area contributed by atoms with Gasteiger partial charge in [0, 0.05) is 63.0 Å². The first kappa shape index (κ1) is 30.3. The summed E-state index contributed by atoms with van der Waals surface area (Å²) in [5.41, 5.74) is 4.74. The molecule has 2 unspecified atom stereocenters. The molecule has 1 saturated heterocycles. The van der Waals surface area contributed by atoms with E-state index in [9.17, 15) is 4.21 Å². The first-order chi connectivity index (χ1) is 18.2. The first-order valence-corrected chi connectivity index (χ1v) is 15.7. The van der Waals surface area contributed by atoms with E-state index >= 15 is 0 Å². The SMILES string of the molecule is CC.CC(N=c1scc(CN2CCNCC2)n1C)C1=CC=CC=C(NS(=O)c2ccc(C(C)(C)C)cc2)C1. The molecule has 208 valence electrons. The van der Waals surface area contributed by atoms with E-state index < -0.39 is 11.0 Å². The maximum absolute atomic E-state index is 13.0. The third-order valence-electron chi connectivity index (χ3n) is 6.73. The van der Waals surface area contributed by atoms with Gasteiger partial charge in [-0.1, -0.05) is 65.0 Å². The van der Waals surface area contributed by atoms with Gasteiger partial charge in [0.05, 0.1) is 10.9 Å². The summed E-state index contributed by atoms with van der Waals surface area (Å²) < 4.78 is 18.5. The molecule has 2 N–H and O–H groups in total. The van der Waals surface area contributed by atoms with Crippen molar-refractivity contribution in [2.45, 2.75) is 70.9 Å². The molecule has 4 rings (SSSR count). The van der Waals surface area contributed by atoms with Crippen LogP contribution in [0.3, 0.4) is 0 Å². The van der Waals surface area contributed by atoms with Crippen molar-refractivity contribution in [3.05, 3.63) is 81.3 Å². The summed E-state index contributed by atoms with van der Waals surface area (Å²) >= 11 is 1.70. The number of thiazole rings is 1. The molecular formula is C30H45N5OS2. The van der Waals surface area contributed by atoms with Gasteiger partial charge in [0.1, 0.15) is 11.0 Å². The molecule has 38 heavy (non-hydrogen) atoms. The lowest BCUT2D eigenvalue weighted by atomic mass is 9.87. The Morgan fingerprint density at radius 2 is 1.76 bits per heavy atom. The van der Waals surface area contributed by atoms with Gasteiger partial charge in [-0.2, -0.15) is 0 Å². The van der Waals surface area contributed by atoms with Crippen LogP contribution in [0.25, 0.3) is 0 Å². The van der Waals surface area contributed by atoms with Gasteiger partial charge in [-0.3, -0.25) is 9.89 Å². The van der Waals surface area contributed by atoms with E-state index in [4.69, 9.17) is 4.99 Å². The molecule has 2 aromatic rings. The Kier molecular flexibility index (Phi) is 11.3. The standard InChI is InChI=1S/C28H39N5OS2.C2H6/c1-21(30-27-32(5)25(20-35-27)19-33-16-14-29-15-17-33)22-8-6-7-9-24(18-22)31-36(34)26-12-10-23(11-13-26)28(2,3)4;1-2/h6-13,20-21,29,31H,14-19H2,1-5H3;1-2H3. The summed E-state index contributed by atoms with van der Waals surface area (Å²) in [6, 6.07) is 8.08. The zero-order valence-electron chi connectivity index (χ0n) is 24.1. The van der Waals surface area contributed by atoms with Crippen LogP contribution < -0.4 is 14.8 Å². The predicted molar refractivity (Wildman–Crippen MR) is 162 cm³/mol. The first-order valence-electron chi connectivity index (χ1n) is 13.7. The van der Waals surface area contributed by atoms with Crippen LogP contribution in [-0.2, 0) is 30.0 Å². The molecule has 2 heterocycles. The van der Waals surface area contributed by atoms with Gasteiger partial charge in [0.2, 0.25) is 0 Å². The number of rotatable bonds is 7. The van der Waals surface area contributed by atoms with Crippen molar-refractivity contribution in [2.24, 2.45) is 12.0 Å². The Hall–Kier alpha value is -2.26. The highest BCUT2D eigenvalue weighted by Crippen LogP contribution is 2.24. The Bertz CT molecular complexity index is 1220. The quantitative estimate of drug-likeness (QED) is 0.495. The minimum Gasteiger partial charge on any atom is -0.323 e. The van der Waals surface area contributed by atoms with E-state index in [-0.39, 0.29) is 11.5 Å². The van der Waals surface area contributed by atoms with Crippen LogP contribution in [0.1, 0.15) is 59.2 Å². The number of nitrogens with one attached hydrogen (secondary N) is 2. The van der Waals surface area contributed by atoms with Gasteiger partial charge < -0.3 is 14.6 Å². The van der Waals surface area contributed by atoms with Crippen LogP contribution in [0.15, 0.2) is 75.1 Å². The Morgan fingerprint density at radius 1 is 1.11 bits per heavy atom. The average Bonchev–Trinajstić information content (AvgIpc) is 3.10. The molecule has 2 aliphatic rings. The number of piperazine rings is 1. The molecule has 0 saturated carbocycles. The minimum atomic E-state index is -1.32. The van der Waals surface area contributed by atoms with E-state index in [1.54, 1.807) is 11.3 Å². The van der Waals surface area contributed by atoms with Crippen molar-refractivity contribution in [2.75, 3.05) is 26.2 Å². The lowest BCUT2D eigenvalue weighted by Crippen LogP contribution is -2.43. The summed E-state index contributed by atoms with van der Waals surface area (Å²) in [5, 5.41) is 5.65. The van der Waals surface area contributed by atoms with Crippen molar-refractivity contribution >= 4 is 22.3 Å². The summed E-state index contributed by atoms with van der Waals surface area (Å²) in [6.45, 7) is 17.9. The van der Waals surface area contributed by atoms with Crippen LogP contribution in [0.2, 0.25) is 0 Å². The molecule has 0 radical (unpaired) electrons. The van der Waals surface area contributed by atoms with Crippen LogP contribution in [-0.4, -0.2) is 45.9 Å². The largest absolute Gasteiger partial charge is 0.323 e. The van der Waals surface area contributed by atoms with E-state index in [1.165, 1.54) is 16.8 Å². The van der Waals surface area contributed by atoms with Crippen molar-refractivity contribution in [3.8, 4) is 0 Å². The number of nitrogens with zero attached hydrogens (tertiary/aromatic N) is 3. The second-order valence-electron chi connectivity index (χ2n) is 10.5. The highest BCUT2D eigenvalue weighted by atomic mass is 32.2. The molecule has 2 atom stereocenters. The molecule has 0 spiro atoms. The second-order valence-corrected chi connectivity index (χ2v) is 12.6. The lowest BCUT2D eigenvalue weighted by Gasteiger charge is -2.27. The number of benzene rings is 1. The van der Waals surface area contributed by atoms with Crippen LogP contribution in [0.4, 0.5) is 0 Å². The fraction of sp³-hybridized carbons (Fsp3) is 0.500. The van der Waals surface area contributed by atoms with Crippen molar-refractivity contribution < 1.29 is 4.21 Å². The Balaban J connectivity index is 0.00000195. The number of aromatic nitrogens is 1. The molecular weight excluding hydrogens is 510 g/mol. The maximum atomic E-state index is 13.0. The van der Waals surface area contributed by atoms with Crippen LogP contribution >= 0.6 is 11.3 Å². The molecule has 1 aliphatic heterocycles. The van der Waals surface area contributed by atoms with Crippen molar-refractivity contribution in [1.29, 1.82) is 0 Å². The van der Waals surface area contributed by atoms with E-state index in [0.717, 1.165) is 48.1 Å². The highest BCUT2D eigenvalue weighted by Gasteiger charge is 2.17. The molecule has 0 bridgehead atoms. The smallest absolute Gasteiger partial charge is 0.185 e. The summed E-state index contributed by atoms with van der Waals surface area (Å²) in [6.07, 6.45) is 8.87. The maximum Gasteiger partial charge on any atom is 0.185 e. The molecule has 6 nitrogen and oxygen atoms in total. The van der Waals surface area contributed by atoms with E-state index in [2.05, 4.69) is 77.8 Å². The van der Waals surface area contributed by atoms with E-state index in [0.29, 0.717) is 6.42 Å². The van der Waals surface area contributed by atoms with Gasteiger partial charge in [0.25, 0.3) is 0 Å². The topological polar surface area (TPSA) is 61.7 Å².